The van der Waals surface area contributed by atoms with E-state index in [0.717, 1.165) is 18.8 Å². The van der Waals surface area contributed by atoms with Gasteiger partial charge in [0.05, 0.1) is 0 Å². The van der Waals surface area contributed by atoms with Gasteiger partial charge in [-0.15, -0.1) is 10.2 Å². The number of hydrogen-bond donors (Lipinski definition) is 0. The van der Waals surface area contributed by atoms with Gasteiger partial charge in [0.15, 0.2) is 0 Å². The predicted molar refractivity (Wildman–Crippen MR) is 71.9 cm³/mol. The Morgan fingerprint density at radius 1 is 1.12 bits per heavy atom. The van der Waals surface area contributed by atoms with Crippen molar-refractivity contribution in [3.8, 4) is 0 Å². The predicted octanol–water partition coefficient (Wildman–Crippen LogP) is 3.84. The molecular weight excluding hydrogens is 210 g/mol. The number of aromatic nitrogens is 3. The maximum absolute atomic E-state index is 4.22. The first-order chi connectivity index (χ1) is 8.24. The molecule has 0 aliphatic carbocycles. The molecule has 0 spiro atoms. The van der Waals surface area contributed by atoms with Crippen LogP contribution in [0.1, 0.15) is 65.1 Å². The highest BCUT2D eigenvalue weighted by Gasteiger charge is 2.05. The molecule has 1 aromatic rings. The molecule has 0 aliphatic heterocycles. The van der Waals surface area contributed by atoms with Crippen LogP contribution in [0.3, 0.4) is 0 Å². The zero-order valence-electron chi connectivity index (χ0n) is 11.7. The molecule has 0 radical (unpaired) electrons. The molecule has 0 N–H and O–H groups in total. The van der Waals surface area contributed by atoms with E-state index >= 15 is 0 Å². The minimum Gasteiger partial charge on any atom is -0.317 e. The summed E-state index contributed by atoms with van der Waals surface area (Å²) in [6.45, 7) is 7.76. The van der Waals surface area contributed by atoms with Crippen molar-refractivity contribution < 1.29 is 0 Å². The Kier molecular flexibility index (Phi) is 6.90. The fourth-order valence-electron chi connectivity index (χ4n) is 2.08. The molecule has 1 heterocycles. The van der Waals surface area contributed by atoms with Gasteiger partial charge in [-0.05, 0) is 12.3 Å². The Balaban J connectivity index is 2.20. The van der Waals surface area contributed by atoms with Crippen LogP contribution in [0.4, 0.5) is 0 Å². The van der Waals surface area contributed by atoms with Gasteiger partial charge in [-0.1, -0.05) is 52.9 Å². The molecule has 0 atom stereocenters. The van der Waals surface area contributed by atoms with Gasteiger partial charge in [0, 0.05) is 13.0 Å². The minimum absolute atomic E-state index is 0.661. The van der Waals surface area contributed by atoms with Crippen LogP contribution < -0.4 is 0 Å². The number of hydrogen-bond acceptors (Lipinski definition) is 2. The number of unbranched alkanes of at least 4 members (excludes halogenated alkanes) is 5. The third-order valence-electron chi connectivity index (χ3n) is 3.01. The quantitative estimate of drug-likeness (QED) is 0.611. The van der Waals surface area contributed by atoms with Crippen LogP contribution in [-0.4, -0.2) is 14.8 Å². The molecule has 0 bridgehead atoms. The Morgan fingerprint density at radius 2 is 1.82 bits per heavy atom. The highest BCUT2D eigenvalue weighted by atomic mass is 15.3. The number of nitrogens with zero attached hydrogens (tertiary/aromatic N) is 3. The molecule has 98 valence electrons. The van der Waals surface area contributed by atoms with Crippen molar-refractivity contribution in [2.75, 3.05) is 0 Å². The van der Waals surface area contributed by atoms with Crippen LogP contribution in [0.25, 0.3) is 0 Å². The van der Waals surface area contributed by atoms with Crippen molar-refractivity contribution in [2.24, 2.45) is 5.92 Å². The first kappa shape index (κ1) is 14.2. The van der Waals surface area contributed by atoms with Crippen LogP contribution in [-0.2, 0) is 13.0 Å². The summed E-state index contributed by atoms with van der Waals surface area (Å²) in [5.74, 6) is 1.82. The van der Waals surface area contributed by atoms with Crippen molar-refractivity contribution in [3.05, 3.63) is 12.2 Å². The van der Waals surface area contributed by atoms with E-state index in [1.807, 2.05) is 6.33 Å². The first-order valence-electron chi connectivity index (χ1n) is 7.10. The molecule has 3 heteroatoms. The Bertz CT molecular complexity index is 291. The van der Waals surface area contributed by atoms with E-state index in [4.69, 9.17) is 0 Å². The molecule has 1 aromatic heterocycles. The first-order valence-corrected chi connectivity index (χ1v) is 7.10. The average Bonchev–Trinajstić information content (AvgIpc) is 2.70. The lowest BCUT2D eigenvalue weighted by atomic mass is 10.1. The van der Waals surface area contributed by atoms with Crippen molar-refractivity contribution in [2.45, 2.75) is 72.3 Å². The van der Waals surface area contributed by atoms with Gasteiger partial charge in [-0.25, -0.2) is 0 Å². The monoisotopic (exact) mass is 237 g/mol. The second-order valence-corrected chi connectivity index (χ2v) is 5.31. The smallest absolute Gasteiger partial charge is 0.132 e. The summed E-state index contributed by atoms with van der Waals surface area (Å²) >= 11 is 0. The highest BCUT2D eigenvalue weighted by Crippen LogP contribution is 2.09. The van der Waals surface area contributed by atoms with E-state index in [9.17, 15) is 0 Å². The normalized spacial score (nSPS) is 11.3. The average molecular weight is 237 g/mol. The summed E-state index contributed by atoms with van der Waals surface area (Å²) in [7, 11) is 0. The van der Waals surface area contributed by atoms with E-state index in [-0.39, 0.29) is 0 Å². The maximum atomic E-state index is 4.22. The molecule has 0 saturated carbocycles. The van der Waals surface area contributed by atoms with E-state index in [2.05, 4.69) is 35.5 Å². The molecule has 1 rings (SSSR count). The molecule has 0 unspecified atom stereocenters. The molecule has 0 amide bonds. The summed E-state index contributed by atoms with van der Waals surface area (Å²) in [5, 5.41) is 8.23. The molecule has 0 aromatic carbocycles. The third kappa shape index (κ3) is 5.85. The van der Waals surface area contributed by atoms with Gasteiger partial charge in [0.2, 0.25) is 0 Å². The van der Waals surface area contributed by atoms with Gasteiger partial charge < -0.3 is 4.57 Å². The van der Waals surface area contributed by atoms with E-state index in [1.54, 1.807) is 0 Å². The van der Waals surface area contributed by atoms with Gasteiger partial charge >= 0.3 is 0 Å². The van der Waals surface area contributed by atoms with Gasteiger partial charge in [0.1, 0.15) is 12.2 Å². The second-order valence-electron chi connectivity index (χ2n) is 5.31. The van der Waals surface area contributed by atoms with Crippen LogP contribution in [0.15, 0.2) is 6.33 Å². The maximum Gasteiger partial charge on any atom is 0.132 e. The summed E-state index contributed by atoms with van der Waals surface area (Å²) in [5.41, 5.74) is 0. The standard InChI is InChI=1S/C14H27N3/c1-4-5-6-7-8-9-10-14-16-15-12-17(14)11-13(2)3/h12-13H,4-11H2,1-3H3. The second kappa shape index (κ2) is 8.26. The molecular formula is C14H27N3. The van der Waals surface area contributed by atoms with Crippen LogP contribution >= 0.6 is 0 Å². The molecule has 0 aliphatic rings. The summed E-state index contributed by atoms with van der Waals surface area (Å²) < 4.78 is 2.21. The summed E-state index contributed by atoms with van der Waals surface area (Å²) in [4.78, 5) is 0. The minimum atomic E-state index is 0.661. The van der Waals surface area contributed by atoms with Crippen molar-refractivity contribution >= 4 is 0 Å². The summed E-state index contributed by atoms with van der Waals surface area (Å²) in [6, 6.07) is 0. The van der Waals surface area contributed by atoms with E-state index in [0.29, 0.717) is 5.92 Å². The third-order valence-corrected chi connectivity index (χ3v) is 3.01. The Labute approximate surface area is 106 Å². The summed E-state index contributed by atoms with van der Waals surface area (Å²) in [6.07, 6.45) is 11.0. The fourth-order valence-corrected chi connectivity index (χ4v) is 2.08. The number of rotatable bonds is 9. The Morgan fingerprint density at radius 3 is 2.53 bits per heavy atom. The lowest BCUT2D eigenvalue weighted by Crippen LogP contribution is -2.07. The fraction of sp³-hybridized carbons (Fsp3) is 0.857. The topological polar surface area (TPSA) is 30.7 Å². The van der Waals surface area contributed by atoms with Gasteiger partial charge in [0.25, 0.3) is 0 Å². The molecule has 0 saturated heterocycles. The lowest BCUT2D eigenvalue weighted by Gasteiger charge is -2.08. The van der Waals surface area contributed by atoms with Crippen LogP contribution in [0.2, 0.25) is 0 Å². The zero-order valence-corrected chi connectivity index (χ0v) is 11.7. The van der Waals surface area contributed by atoms with Crippen molar-refractivity contribution in [1.82, 2.24) is 14.8 Å². The number of aryl methyl sites for hydroxylation is 1. The molecule has 3 nitrogen and oxygen atoms in total. The van der Waals surface area contributed by atoms with E-state index in [1.165, 1.54) is 38.5 Å². The molecule has 0 fully saturated rings. The van der Waals surface area contributed by atoms with Crippen LogP contribution in [0, 0.1) is 5.92 Å². The van der Waals surface area contributed by atoms with Crippen LogP contribution in [0.5, 0.6) is 0 Å². The van der Waals surface area contributed by atoms with E-state index < -0.39 is 0 Å². The SMILES string of the molecule is CCCCCCCCc1nncn1CC(C)C. The van der Waals surface area contributed by atoms with Gasteiger partial charge in [-0.2, -0.15) is 0 Å². The largest absolute Gasteiger partial charge is 0.317 e. The van der Waals surface area contributed by atoms with Gasteiger partial charge in [-0.3, -0.25) is 0 Å². The molecule has 17 heavy (non-hydrogen) atoms. The zero-order chi connectivity index (χ0) is 12.5. The van der Waals surface area contributed by atoms with Crippen molar-refractivity contribution in [3.63, 3.8) is 0 Å². The Hall–Kier alpha value is -0.860. The lowest BCUT2D eigenvalue weighted by molar-refractivity contribution is 0.499. The highest BCUT2D eigenvalue weighted by molar-refractivity contribution is 4.86. The van der Waals surface area contributed by atoms with Crippen molar-refractivity contribution in [1.29, 1.82) is 0 Å².